The topological polar surface area (TPSA) is 107 Å². The van der Waals surface area contributed by atoms with Crippen LogP contribution in [-0.2, 0) is 42.2 Å². The van der Waals surface area contributed by atoms with Crippen molar-refractivity contribution >= 4 is 11.9 Å². The third-order valence-electron chi connectivity index (χ3n) is 3.75. The highest BCUT2D eigenvalue weighted by molar-refractivity contribution is 5.69. The van der Waals surface area contributed by atoms with Crippen LogP contribution in [0.3, 0.4) is 0 Å². The number of carbonyl (C=O) groups is 2. The predicted octanol–water partition coefficient (Wildman–Crippen LogP) is 1.70. The van der Waals surface area contributed by atoms with Crippen molar-refractivity contribution in [2.45, 2.75) is 53.6 Å². The van der Waals surface area contributed by atoms with Crippen LogP contribution in [0.25, 0.3) is 0 Å². The van der Waals surface area contributed by atoms with Gasteiger partial charge in [-0.2, -0.15) is 4.89 Å². The Bertz CT molecular complexity index is 718. The smallest absolute Gasteiger partial charge is 0.347 e. The van der Waals surface area contributed by atoms with Gasteiger partial charge in [-0.25, -0.2) is 14.8 Å². The number of esters is 1. The van der Waals surface area contributed by atoms with Crippen LogP contribution in [0.4, 0.5) is 0 Å². The summed E-state index contributed by atoms with van der Waals surface area (Å²) in [6.07, 6.45) is 3.94. The molecule has 2 rings (SSSR count). The van der Waals surface area contributed by atoms with Crippen molar-refractivity contribution < 1.29 is 29.1 Å². The molecule has 0 saturated carbocycles. The van der Waals surface area contributed by atoms with E-state index in [9.17, 15) is 9.59 Å². The van der Waals surface area contributed by atoms with Gasteiger partial charge in [-0.05, 0) is 32.7 Å². The zero-order chi connectivity index (χ0) is 19.8. The van der Waals surface area contributed by atoms with E-state index in [2.05, 4.69) is 24.8 Å². The number of nitrogens with zero attached hydrogens (tertiary/aromatic N) is 4. The summed E-state index contributed by atoms with van der Waals surface area (Å²) < 4.78 is 8.51. The van der Waals surface area contributed by atoms with Gasteiger partial charge in [-0.1, -0.05) is 0 Å². The minimum atomic E-state index is -0.613. The molecule has 0 aliphatic rings. The van der Waals surface area contributed by atoms with Gasteiger partial charge in [0.15, 0.2) is 0 Å². The molecule has 0 aromatic carbocycles. The molecule has 0 aliphatic heterocycles. The van der Waals surface area contributed by atoms with Gasteiger partial charge in [0, 0.05) is 25.5 Å². The molecule has 2 aromatic heterocycles. The number of hydrogen-bond acceptors (Lipinski definition) is 8. The van der Waals surface area contributed by atoms with Crippen molar-refractivity contribution in [2.75, 3.05) is 6.79 Å². The summed E-state index contributed by atoms with van der Waals surface area (Å²) in [5.41, 5.74) is 1.76. The lowest BCUT2D eigenvalue weighted by Crippen LogP contribution is -2.14. The van der Waals surface area contributed by atoms with Crippen molar-refractivity contribution in [1.29, 1.82) is 0 Å². The van der Waals surface area contributed by atoms with Gasteiger partial charge in [0.2, 0.25) is 6.79 Å². The average Bonchev–Trinajstić information content (AvgIpc) is 3.10. The molecule has 0 aliphatic carbocycles. The third-order valence-corrected chi connectivity index (χ3v) is 3.75. The van der Waals surface area contributed by atoms with Crippen LogP contribution in [0.1, 0.15) is 35.9 Å². The third kappa shape index (κ3) is 6.83. The van der Waals surface area contributed by atoms with Crippen molar-refractivity contribution in [2.24, 2.45) is 0 Å². The lowest BCUT2D eigenvalue weighted by atomic mass is 10.4. The van der Waals surface area contributed by atoms with E-state index < -0.39 is 18.7 Å². The van der Waals surface area contributed by atoms with Crippen molar-refractivity contribution in [3.63, 3.8) is 0 Å². The van der Waals surface area contributed by atoms with E-state index in [4.69, 9.17) is 4.74 Å². The summed E-state index contributed by atoms with van der Waals surface area (Å²) in [5, 5.41) is 4.29. The Morgan fingerprint density at radius 1 is 0.889 bits per heavy atom. The molecule has 0 unspecified atom stereocenters. The van der Waals surface area contributed by atoms with Crippen LogP contribution in [0.2, 0.25) is 0 Å². The monoisotopic (exact) mass is 380 g/mol. The van der Waals surface area contributed by atoms with E-state index in [1.807, 2.05) is 49.2 Å². The van der Waals surface area contributed by atoms with Gasteiger partial charge in [-0.3, -0.25) is 9.68 Å². The van der Waals surface area contributed by atoms with Crippen molar-refractivity contribution in [3.8, 4) is 0 Å². The highest BCUT2D eigenvalue weighted by Crippen LogP contribution is 2.04. The van der Waals surface area contributed by atoms with Crippen LogP contribution < -0.4 is 0 Å². The van der Waals surface area contributed by atoms with Crippen molar-refractivity contribution in [1.82, 2.24) is 19.1 Å². The molecular weight excluding hydrogens is 356 g/mol. The van der Waals surface area contributed by atoms with Crippen molar-refractivity contribution in [3.05, 3.63) is 35.4 Å². The second-order valence-electron chi connectivity index (χ2n) is 6.02. The number of aromatic nitrogens is 4. The van der Waals surface area contributed by atoms with Gasteiger partial charge >= 0.3 is 11.9 Å². The maximum Gasteiger partial charge on any atom is 0.347 e. The van der Waals surface area contributed by atoms with Crippen LogP contribution in [0, 0.1) is 27.7 Å². The van der Waals surface area contributed by atoms with E-state index in [0.29, 0.717) is 13.1 Å². The molecule has 27 heavy (non-hydrogen) atoms. The fourth-order valence-corrected chi connectivity index (χ4v) is 2.50. The van der Waals surface area contributed by atoms with Crippen LogP contribution >= 0.6 is 0 Å². The Kier molecular flexibility index (Phi) is 7.50. The molecule has 0 atom stereocenters. The molecule has 2 aromatic rings. The number of hydrogen-bond donors (Lipinski definition) is 0. The number of ether oxygens (including phenoxy) is 1. The van der Waals surface area contributed by atoms with E-state index in [1.165, 1.54) is 0 Å². The minimum Gasteiger partial charge on any atom is -0.435 e. The first-order valence-corrected chi connectivity index (χ1v) is 8.50. The van der Waals surface area contributed by atoms with Gasteiger partial charge < -0.3 is 13.9 Å². The Hall–Kier alpha value is -2.72. The van der Waals surface area contributed by atoms with E-state index >= 15 is 0 Å². The lowest BCUT2D eigenvalue weighted by Gasteiger charge is -2.06. The first kappa shape index (κ1) is 20.6. The van der Waals surface area contributed by atoms with Gasteiger partial charge in [0.05, 0.1) is 24.2 Å². The Morgan fingerprint density at radius 2 is 1.41 bits per heavy atom. The fourth-order valence-electron chi connectivity index (χ4n) is 2.50. The van der Waals surface area contributed by atoms with Crippen LogP contribution in [0.5, 0.6) is 0 Å². The Morgan fingerprint density at radius 3 is 1.89 bits per heavy atom. The number of aryl methyl sites for hydroxylation is 6. The number of rotatable bonds is 10. The van der Waals surface area contributed by atoms with E-state index in [0.717, 1.165) is 23.0 Å². The highest BCUT2D eigenvalue weighted by Gasteiger charge is 2.09. The summed E-state index contributed by atoms with van der Waals surface area (Å²) in [6, 6.07) is 0. The molecule has 10 heteroatoms. The van der Waals surface area contributed by atoms with Gasteiger partial charge in [0.25, 0.3) is 0 Å². The minimum absolute atomic E-state index is 0.0868. The summed E-state index contributed by atoms with van der Waals surface area (Å²) in [5.74, 6) is 0.554. The second kappa shape index (κ2) is 9.83. The standard InChI is InChI=1S/C17H24N4O6/c1-12-9-20(14(3)18-12)7-5-16(22)24-11-25-27-26-17(23)6-8-21-10-13(2)19-15(21)4/h9-10H,5-8,11H2,1-4H3. The van der Waals surface area contributed by atoms with Gasteiger partial charge in [-0.15, -0.1) is 0 Å². The fraction of sp³-hybridized carbons (Fsp3) is 0.529. The predicted molar refractivity (Wildman–Crippen MR) is 91.9 cm³/mol. The first-order valence-electron chi connectivity index (χ1n) is 8.50. The molecular formula is C17H24N4O6. The molecule has 0 amide bonds. The molecule has 0 fully saturated rings. The summed E-state index contributed by atoms with van der Waals surface area (Å²) in [6.45, 7) is 7.85. The Balaban J connectivity index is 1.53. The first-order chi connectivity index (χ1) is 12.8. The normalized spacial score (nSPS) is 10.8. The van der Waals surface area contributed by atoms with Crippen LogP contribution in [0.15, 0.2) is 12.4 Å². The molecule has 0 saturated heterocycles. The quantitative estimate of drug-likeness (QED) is 0.202. The number of imidazole rings is 2. The summed E-state index contributed by atoms with van der Waals surface area (Å²) in [4.78, 5) is 40.6. The largest absolute Gasteiger partial charge is 0.435 e. The second-order valence-corrected chi connectivity index (χ2v) is 6.02. The summed E-state index contributed by atoms with van der Waals surface area (Å²) >= 11 is 0. The number of carbonyl (C=O) groups excluding carboxylic acids is 2. The van der Waals surface area contributed by atoms with E-state index in [-0.39, 0.29) is 12.8 Å². The average molecular weight is 380 g/mol. The zero-order valence-corrected chi connectivity index (χ0v) is 15.9. The summed E-state index contributed by atoms with van der Waals surface area (Å²) in [7, 11) is 0. The SMILES string of the molecule is Cc1cn(CCC(=O)OCOOOC(=O)CCn2cc(C)nc2C)c(C)n1. The molecule has 0 spiro atoms. The molecule has 0 N–H and O–H groups in total. The lowest BCUT2D eigenvalue weighted by molar-refractivity contribution is -0.500. The van der Waals surface area contributed by atoms with E-state index in [1.54, 1.807) is 0 Å². The maximum absolute atomic E-state index is 11.6. The molecule has 2 heterocycles. The Labute approximate surface area is 156 Å². The highest BCUT2D eigenvalue weighted by atomic mass is 17.5. The molecule has 0 radical (unpaired) electrons. The van der Waals surface area contributed by atoms with Gasteiger partial charge in [0.1, 0.15) is 11.6 Å². The maximum atomic E-state index is 11.6. The molecule has 0 bridgehead atoms. The molecule has 148 valence electrons. The zero-order valence-electron chi connectivity index (χ0n) is 15.9. The van der Waals surface area contributed by atoms with Crippen LogP contribution in [-0.4, -0.2) is 37.8 Å². The molecule has 10 nitrogen and oxygen atoms in total.